The Hall–Kier alpha value is -3.04. The average molecular weight is 428 g/mol. The first-order valence-corrected chi connectivity index (χ1v) is 11.4. The highest BCUT2D eigenvalue weighted by atomic mass is 32.2. The number of aromatic nitrogens is 1. The summed E-state index contributed by atoms with van der Waals surface area (Å²) in [6.07, 6.45) is 0.186. The Morgan fingerprint density at radius 1 is 1.17 bits per heavy atom. The number of thiazole rings is 1. The van der Waals surface area contributed by atoms with Crippen LogP contribution in [0.25, 0.3) is 11.3 Å². The van der Waals surface area contributed by atoms with Gasteiger partial charge >= 0.3 is 0 Å². The minimum Gasteiger partial charge on any atom is -0.326 e. The first-order valence-electron chi connectivity index (χ1n) is 8.87. The largest absolute Gasteiger partial charge is 0.326 e. The van der Waals surface area contributed by atoms with Crippen LogP contribution in [-0.2, 0) is 25.8 Å². The molecule has 4 rings (SSSR count). The molecule has 9 heteroatoms. The van der Waals surface area contributed by atoms with Crippen molar-refractivity contribution in [2.75, 3.05) is 16.4 Å². The van der Waals surface area contributed by atoms with Crippen LogP contribution in [-0.4, -0.2) is 31.0 Å². The molecule has 148 valence electrons. The van der Waals surface area contributed by atoms with Crippen LogP contribution in [0, 0.1) is 0 Å². The summed E-state index contributed by atoms with van der Waals surface area (Å²) in [6, 6.07) is 13.7. The number of hydrogen-bond donors (Lipinski definition) is 2. The molecule has 1 aromatic heterocycles. The maximum absolute atomic E-state index is 12.3. The first-order chi connectivity index (χ1) is 13.9. The molecule has 0 aliphatic carbocycles. The number of rotatable bonds is 6. The lowest BCUT2D eigenvalue weighted by molar-refractivity contribution is -0.116. The van der Waals surface area contributed by atoms with E-state index in [1.54, 1.807) is 18.2 Å². The summed E-state index contributed by atoms with van der Waals surface area (Å²) in [4.78, 5) is 28.3. The lowest BCUT2D eigenvalue weighted by atomic mass is 10.1. The molecule has 0 bridgehead atoms. The lowest BCUT2D eigenvalue weighted by Crippen LogP contribution is -2.17. The molecule has 0 saturated carbocycles. The predicted octanol–water partition coefficient (Wildman–Crippen LogP) is 3.11. The Labute approximate surface area is 171 Å². The molecule has 1 aliphatic heterocycles. The topological polar surface area (TPSA) is 105 Å². The molecule has 0 saturated heterocycles. The van der Waals surface area contributed by atoms with Crippen molar-refractivity contribution in [3.05, 3.63) is 59.5 Å². The van der Waals surface area contributed by atoms with Gasteiger partial charge in [0.2, 0.25) is 11.8 Å². The zero-order valence-corrected chi connectivity index (χ0v) is 16.8. The van der Waals surface area contributed by atoms with E-state index in [1.165, 1.54) is 23.5 Å². The minimum atomic E-state index is -3.51. The van der Waals surface area contributed by atoms with Crippen molar-refractivity contribution in [2.45, 2.75) is 17.7 Å². The quantitative estimate of drug-likeness (QED) is 0.629. The molecular weight excluding hydrogens is 410 g/mol. The Morgan fingerprint density at radius 2 is 1.97 bits per heavy atom. The number of hydrogen-bond acceptors (Lipinski definition) is 6. The van der Waals surface area contributed by atoms with E-state index >= 15 is 0 Å². The van der Waals surface area contributed by atoms with E-state index in [-0.39, 0.29) is 23.0 Å². The van der Waals surface area contributed by atoms with E-state index in [9.17, 15) is 18.0 Å². The fourth-order valence-electron chi connectivity index (χ4n) is 3.01. The SMILES string of the molecule is O=C(CCS(=O)(=O)c1ccccc1)Nc1nc(-c2ccc3c(c2)CC(=O)N3)cs1. The highest BCUT2D eigenvalue weighted by Gasteiger charge is 2.19. The summed E-state index contributed by atoms with van der Waals surface area (Å²) in [5, 5.41) is 7.64. The second-order valence-corrected chi connectivity index (χ2v) is 9.53. The number of fused-ring (bicyclic) bond motifs is 1. The van der Waals surface area contributed by atoms with Crippen LogP contribution in [0.5, 0.6) is 0 Å². The summed E-state index contributed by atoms with van der Waals surface area (Å²) in [7, 11) is -3.51. The van der Waals surface area contributed by atoms with Crippen molar-refractivity contribution in [1.29, 1.82) is 0 Å². The van der Waals surface area contributed by atoms with Crippen LogP contribution in [0.4, 0.5) is 10.8 Å². The lowest BCUT2D eigenvalue weighted by Gasteiger charge is -2.04. The fraction of sp³-hybridized carbons (Fsp3) is 0.150. The first kappa shape index (κ1) is 19.3. The standard InChI is InChI=1S/C20H17N3O4S2/c24-18(8-9-29(26,27)15-4-2-1-3-5-15)23-20-22-17(12-28-20)13-6-7-16-14(10-13)11-19(25)21-16/h1-7,10,12H,8-9,11H2,(H,21,25)(H,22,23,24). The number of carbonyl (C=O) groups is 2. The zero-order valence-electron chi connectivity index (χ0n) is 15.2. The van der Waals surface area contributed by atoms with E-state index < -0.39 is 15.7 Å². The van der Waals surface area contributed by atoms with Crippen LogP contribution in [0.3, 0.4) is 0 Å². The van der Waals surface area contributed by atoms with Gasteiger partial charge < -0.3 is 10.6 Å². The molecule has 7 nitrogen and oxygen atoms in total. The summed E-state index contributed by atoms with van der Waals surface area (Å²) >= 11 is 1.26. The van der Waals surface area contributed by atoms with Crippen LogP contribution >= 0.6 is 11.3 Å². The van der Waals surface area contributed by atoms with Crippen LogP contribution < -0.4 is 10.6 Å². The maximum Gasteiger partial charge on any atom is 0.228 e. The highest BCUT2D eigenvalue weighted by molar-refractivity contribution is 7.91. The molecule has 2 heterocycles. The molecule has 2 amide bonds. The van der Waals surface area contributed by atoms with Crippen molar-refractivity contribution in [2.24, 2.45) is 0 Å². The van der Waals surface area contributed by atoms with E-state index in [4.69, 9.17) is 0 Å². The van der Waals surface area contributed by atoms with Gasteiger partial charge in [0.15, 0.2) is 15.0 Å². The van der Waals surface area contributed by atoms with E-state index in [0.717, 1.165) is 16.8 Å². The number of nitrogens with one attached hydrogen (secondary N) is 2. The molecule has 0 radical (unpaired) electrons. The number of anilines is 2. The van der Waals surface area contributed by atoms with Gasteiger partial charge in [0, 0.05) is 23.1 Å². The number of benzene rings is 2. The summed E-state index contributed by atoms with van der Waals surface area (Å²) in [6.45, 7) is 0. The van der Waals surface area contributed by atoms with E-state index in [1.807, 2.05) is 23.6 Å². The molecule has 29 heavy (non-hydrogen) atoms. The summed E-state index contributed by atoms with van der Waals surface area (Å²) in [5.74, 6) is -0.713. The molecule has 3 aromatic rings. The highest BCUT2D eigenvalue weighted by Crippen LogP contribution is 2.30. The van der Waals surface area contributed by atoms with Crippen molar-refractivity contribution >= 4 is 43.8 Å². The average Bonchev–Trinajstić information content (AvgIpc) is 3.32. The molecule has 2 aromatic carbocycles. The second kappa shape index (κ2) is 7.76. The maximum atomic E-state index is 12.3. The second-order valence-electron chi connectivity index (χ2n) is 6.56. The van der Waals surface area contributed by atoms with Gasteiger partial charge in [-0.25, -0.2) is 13.4 Å². The molecule has 0 fully saturated rings. The third kappa shape index (κ3) is 4.36. The third-order valence-corrected chi connectivity index (χ3v) is 6.97. The molecule has 2 N–H and O–H groups in total. The number of nitrogens with zero attached hydrogens (tertiary/aromatic N) is 1. The van der Waals surface area contributed by atoms with Gasteiger partial charge in [-0.3, -0.25) is 9.59 Å². The van der Waals surface area contributed by atoms with Gasteiger partial charge in [-0.1, -0.05) is 24.3 Å². The van der Waals surface area contributed by atoms with Gasteiger partial charge in [-0.15, -0.1) is 11.3 Å². The molecular formula is C20H17N3O4S2. The molecule has 0 unspecified atom stereocenters. The summed E-state index contributed by atoms with van der Waals surface area (Å²) in [5.41, 5.74) is 3.26. The van der Waals surface area contributed by atoms with Gasteiger partial charge in [0.05, 0.1) is 22.8 Å². The van der Waals surface area contributed by atoms with Crippen LogP contribution in [0.15, 0.2) is 58.8 Å². The Morgan fingerprint density at radius 3 is 2.76 bits per heavy atom. The van der Waals surface area contributed by atoms with Crippen molar-refractivity contribution in [3.63, 3.8) is 0 Å². The molecule has 0 spiro atoms. The number of carbonyl (C=O) groups excluding carboxylic acids is 2. The van der Waals surface area contributed by atoms with Gasteiger partial charge in [0.25, 0.3) is 0 Å². The number of sulfone groups is 1. The Balaban J connectivity index is 1.39. The monoisotopic (exact) mass is 427 g/mol. The molecule has 1 aliphatic rings. The van der Waals surface area contributed by atoms with Gasteiger partial charge in [-0.2, -0.15) is 0 Å². The van der Waals surface area contributed by atoms with E-state index in [2.05, 4.69) is 15.6 Å². The Kier molecular flexibility index (Phi) is 5.16. The minimum absolute atomic E-state index is 0.0335. The van der Waals surface area contributed by atoms with E-state index in [0.29, 0.717) is 17.2 Å². The van der Waals surface area contributed by atoms with Crippen molar-refractivity contribution in [3.8, 4) is 11.3 Å². The molecule has 0 atom stereocenters. The fourth-order valence-corrected chi connectivity index (χ4v) is 5.00. The van der Waals surface area contributed by atoms with Gasteiger partial charge in [-0.05, 0) is 29.8 Å². The third-order valence-electron chi connectivity index (χ3n) is 4.48. The normalized spacial score (nSPS) is 13.0. The van der Waals surface area contributed by atoms with Crippen molar-refractivity contribution < 1.29 is 18.0 Å². The Bertz CT molecular complexity index is 1190. The van der Waals surface area contributed by atoms with Crippen molar-refractivity contribution in [1.82, 2.24) is 4.98 Å². The summed E-state index contributed by atoms with van der Waals surface area (Å²) < 4.78 is 24.5. The predicted molar refractivity (Wildman–Crippen MR) is 112 cm³/mol. The zero-order chi connectivity index (χ0) is 20.4. The van der Waals surface area contributed by atoms with Gasteiger partial charge in [0.1, 0.15) is 0 Å². The smallest absolute Gasteiger partial charge is 0.228 e. The van der Waals surface area contributed by atoms with Crippen LogP contribution in [0.1, 0.15) is 12.0 Å². The van der Waals surface area contributed by atoms with Crippen LogP contribution in [0.2, 0.25) is 0 Å². The number of amides is 2.